The first kappa shape index (κ1) is 13.5. The third-order valence-corrected chi connectivity index (χ3v) is 2.94. The van der Waals surface area contributed by atoms with Crippen LogP contribution in [0.1, 0.15) is 39.4 Å². The molecule has 0 aromatic carbocycles. The Morgan fingerprint density at radius 2 is 2.12 bits per heavy atom. The first-order valence-electron chi connectivity index (χ1n) is 5.98. The summed E-state index contributed by atoms with van der Waals surface area (Å²) in [6.07, 6.45) is 2.72. The molecule has 92 valence electrons. The number of nitrogens with one attached hydrogen (secondary N) is 1. The fourth-order valence-electron chi connectivity index (χ4n) is 1.80. The van der Waals surface area contributed by atoms with Crippen molar-refractivity contribution in [2.24, 2.45) is 5.92 Å². The van der Waals surface area contributed by atoms with Gasteiger partial charge in [-0.15, -0.1) is 0 Å². The van der Waals surface area contributed by atoms with Crippen LogP contribution in [0.15, 0.2) is 6.20 Å². The average Bonchev–Trinajstić information content (AvgIpc) is 2.58. The molecule has 0 spiro atoms. The van der Waals surface area contributed by atoms with Crippen LogP contribution in [-0.2, 0) is 6.42 Å². The molecule has 0 fully saturated rings. The molecule has 1 unspecified atom stereocenters. The van der Waals surface area contributed by atoms with Gasteiger partial charge in [0.1, 0.15) is 0 Å². The second kappa shape index (κ2) is 6.26. The predicted molar refractivity (Wildman–Crippen MR) is 69.0 cm³/mol. The lowest BCUT2D eigenvalue weighted by Crippen LogP contribution is -2.23. The van der Waals surface area contributed by atoms with Crippen molar-refractivity contribution in [2.45, 2.75) is 40.2 Å². The van der Waals surface area contributed by atoms with E-state index in [1.165, 1.54) is 0 Å². The molecule has 0 saturated carbocycles. The summed E-state index contributed by atoms with van der Waals surface area (Å²) < 4.78 is 2.02. The minimum absolute atomic E-state index is 0.369. The van der Waals surface area contributed by atoms with Crippen molar-refractivity contribution >= 4 is 11.6 Å². The minimum Gasteiger partial charge on any atom is -0.317 e. The highest BCUT2D eigenvalue weighted by Gasteiger charge is 2.14. The summed E-state index contributed by atoms with van der Waals surface area (Å²) in [6, 6.07) is 0.369. The van der Waals surface area contributed by atoms with E-state index in [0.29, 0.717) is 12.0 Å². The molecule has 4 heteroatoms. The quantitative estimate of drug-likeness (QED) is 0.833. The fraction of sp³-hybridized carbons (Fsp3) is 0.750. The molecule has 16 heavy (non-hydrogen) atoms. The van der Waals surface area contributed by atoms with Gasteiger partial charge in [-0.3, -0.25) is 4.68 Å². The summed E-state index contributed by atoms with van der Waals surface area (Å²) in [5, 5.41) is 8.46. The number of hydrogen-bond donors (Lipinski definition) is 1. The van der Waals surface area contributed by atoms with E-state index >= 15 is 0 Å². The molecule has 0 aliphatic rings. The molecule has 0 radical (unpaired) electrons. The lowest BCUT2D eigenvalue weighted by atomic mass is 10.1. The van der Waals surface area contributed by atoms with Gasteiger partial charge in [0.15, 0.2) is 0 Å². The number of nitrogens with zero attached hydrogens (tertiary/aromatic N) is 2. The molecule has 1 atom stereocenters. The third kappa shape index (κ3) is 3.49. The molecule has 1 aromatic heterocycles. The topological polar surface area (TPSA) is 29.9 Å². The zero-order valence-corrected chi connectivity index (χ0v) is 11.4. The molecule has 0 saturated heterocycles. The molecule has 3 nitrogen and oxygen atoms in total. The van der Waals surface area contributed by atoms with Crippen molar-refractivity contribution in [3.63, 3.8) is 0 Å². The van der Waals surface area contributed by atoms with Crippen LogP contribution >= 0.6 is 11.6 Å². The smallest absolute Gasteiger partial charge is 0.0818 e. The van der Waals surface area contributed by atoms with Crippen LogP contribution < -0.4 is 5.32 Å². The average molecular weight is 244 g/mol. The number of halogens is 1. The van der Waals surface area contributed by atoms with Crippen LogP contribution in [0.25, 0.3) is 0 Å². The van der Waals surface area contributed by atoms with Gasteiger partial charge in [-0.1, -0.05) is 25.4 Å². The van der Waals surface area contributed by atoms with E-state index in [-0.39, 0.29) is 0 Å². The monoisotopic (exact) mass is 243 g/mol. The molecular weight excluding hydrogens is 222 g/mol. The molecule has 0 aliphatic carbocycles. The van der Waals surface area contributed by atoms with Gasteiger partial charge in [-0.25, -0.2) is 0 Å². The van der Waals surface area contributed by atoms with E-state index in [9.17, 15) is 0 Å². The predicted octanol–water partition coefficient (Wildman–Crippen LogP) is 2.91. The van der Waals surface area contributed by atoms with Crippen LogP contribution in [0.2, 0.25) is 5.02 Å². The minimum atomic E-state index is 0.369. The third-order valence-electron chi connectivity index (χ3n) is 2.62. The summed E-state index contributed by atoms with van der Waals surface area (Å²) in [5.74, 6) is 0.576. The van der Waals surface area contributed by atoms with Crippen LogP contribution in [-0.4, -0.2) is 22.9 Å². The van der Waals surface area contributed by atoms with E-state index in [1.54, 1.807) is 6.20 Å². The van der Waals surface area contributed by atoms with Gasteiger partial charge < -0.3 is 5.32 Å². The molecule has 1 aromatic rings. The van der Waals surface area contributed by atoms with Gasteiger partial charge >= 0.3 is 0 Å². The van der Waals surface area contributed by atoms with Crippen LogP contribution in [0.5, 0.6) is 0 Å². The van der Waals surface area contributed by atoms with Crippen molar-refractivity contribution in [3.05, 3.63) is 16.9 Å². The molecule has 1 N–H and O–H groups in total. The number of aromatic nitrogens is 2. The van der Waals surface area contributed by atoms with E-state index in [0.717, 1.165) is 30.2 Å². The molecule has 0 bridgehead atoms. The van der Waals surface area contributed by atoms with Gasteiger partial charge in [0.05, 0.1) is 16.9 Å². The van der Waals surface area contributed by atoms with Crippen molar-refractivity contribution < 1.29 is 0 Å². The van der Waals surface area contributed by atoms with Crippen LogP contribution in [0.3, 0.4) is 0 Å². The van der Waals surface area contributed by atoms with Gasteiger partial charge in [-0.2, -0.15) is 5.10 Å². The Morgan fingerprint density at radius 1 is 1.44 bits per heavy atom. The molecule has 1 rings (SSSR count). The molecular formula is C12H22ClN3. The maximum absolute atomic E-state index is 6.16. The van der Waals surface area contributed by atoms with E-state index in [2.05, 4.69) is 38.1 Å². The zero-order chi connectivity index (χ0) is 12.1. The summed E-state index contributed by atoms with van der Waals surface area (Å²) in [6.45, 7) is 10.6. The van der Waals surface area contributed by atoms with E-state index in [4.69, 9.17) is 11.6 Å². The maximum Gasteiger partial charge on any atom is 0.0818 e. The Morgan fingerprint density at radius 3 is 2.69 bits per heavy atom. The maximum atomic E-state index is 6.16. The Hall–Kier alpha value is -0.540. The second-order valence-corrected chi connectivity index (χ2v) is 5.00. The zero-order valence-electron chi connectivity index (χ0n) is 10.6. The summed E-state index contributed by atoms with van der Waals surface area (Å²) in [5.41, 5.74) is 1.15. The van der Waals surface area contributed by atoms with Crippen LogP contribution in [0, 0.1) is 5.92 Å². The number of hydrogen-bond acceptors (Lipinski definition) is 2. The van der Waals surface area contributed by atoms with Gasteiger partial charge in [0.25, 0.3) is 0 Å². The van der Waals surface area contributed by atoms with Gasteiger partial charge in [0.2, 0.25) is 0 Å². The van der Waals surface area contributed by atoms with Gasteiger partial charge in [-0.05, 0) is 39.3 Å². The SMILES string of the molecule is CCNCC(C)Cc1c(Cl)cnn1C(C)C. The van der Waals surface area contributed by atoms with Crippen molar-refractivity contribution in [1.82, 2.24) is 15.1 Å². The highest BCUT2D eigenvalue weighted by atomic mass is 35.5. The lowest BCUT2D eigenvalue weighted by Gasteiger charge is -2.15. The summed E-state index contributed by atoms with van der Waals surface area (Å²) in [7, 11) is 0. The molecule has 1 heterocycles. The first-order valence-corrected chi connectivity index (χ1v) is 6.36. The normalized spacial score (nSPS) is 13.4. The lowest BCUT2D eigenvalue weighted by molar-refractivity contribution is 0.463. The van der Waals surface area contributed by atoms with E-state index in [1.807, 2.05) is 4.68 Å². The molecule has 0 aliphatic heterocycles. The largest absolute Gasteiger partial charge is 0.317 e. The second-order valence-electron chi connectivity index (χ2n) is 4.59. The summed E-state index contributed by atoms with van der Waals surface area (Å²) >= 11 is 6.16. The Labute approximate surface area is 103 Å². The standard InChI is InChI=1S/C12H22ClN3/c1-5-14-7-10(4)6-12-11(13)8-15-16(12)9(2)3/h8-10,14H,5-7H2,1-4H3. The van der Waals surface area contributed by atoms with Crippen molar-refractivity contribution in [2.75, 3.05) is 13.1 Å². The van der Waals surface area contributed by atoms with Crippen LogP contribution in [0.4, 0.5) is 0 Å². The Kier molecular flexibility index (Phi) is 5.29. The van der Waals surface area contributed by atoms with Crippen molar-refractivity contribution in [3.8, 4) is 0 Å². The Bertz CT molecular complexity index is 320. The highest BCUT2D eigenvalue weighted by Crippen LogP contribution is 2.21. The first-order chi connectivity index (χ1) is 7.56. The highest BCUT2D eigenvalue weighted by molar-refractivity contribution is 6.31. The van der Waals surface area contributed by atoms with Crippen molar-refractivity contribution in [1.29, 1.82) is 0 Å². The molecule has 0 amide bonds. The van der Waals surface area contributed by atoms with E-state index < -0.39 is 0 Å². The Balaban J connectivity index is 2.68. The number of rotatable bonds is 6. The van der Waals surface area contributed by atoms with Gasteiger partial charge in [0, 0.05) is 6.04 Å². The summed E-state index contributed by atoms with van der Waals surface area (Å²) in [4.78, 5) is 0. The fourth-order valence-corrected chi connectivity index (χ4v) is 2.00.